The number of rotatable bonds is 0. The van der Waals surface area contributed by atoms with Gasteiger partial charge in [0.1, 0.15) is 0 Å². The summed E-state index contributed by atoms with van der Waals surface area (Å²) in [4.78, 5) is 0. The maximum absolute atomic E-state index is 5.25. The SMILES string of the molecule is C.C.C.C.CC(C)C.CC(C)C.CCC.CCC.[3H][B].[Fm]. The Bertz CT molecular complexity index is 47.7. The van der Waals surface area contributed by atoms with Crippen molar-refractivity contribution in [2.45, 2.75) is 112 Å². The van der Waals surface area contributed by atoms with Gasteiger partial charge in [0, 0.05) is 8.38 Å². The monoisotopic (exact) mass is 540 g/mol. The summed E-state index contributed by atoms with van der Waals surface area (Å²) in [6, 6.07) is 0. The Labute approximate surface area is 134 Å². The van der Waals surface area contributed by atoms with E-state index in [9.17, 15) is 0 Å². The molecular formula is C18H53BFm. The molecule has 0 saturated heterocycles. The molecule has 0 aromatic rings. The van der Waals surface area contributed by atoms with Crippen molar-refractivity contribution in [3.63, 3.8) is 0 Å². The molecule has 0 fully saturated rings. The summed E-state index contributed by atoms with van der Waals surface area (Å²) in [6.07, 6.45) is 2.50. The first kappa shape index (κ1) is 61.4. The fraction of sp³-hybridized carbons (Fsp3) is 1.00. The van der Waals surface area contributed by atoms with E-state index in [1.165, 1.54) is 12.8 Å². The van der Waals surface area contributed by atoms with E-state index in [0.717, 1.165) is 11.8 Å². The summed E-state index contributed by atoms with van der Waals surface area (Å²) in [5.74, 6) is 1.67. The molecule has 0 bridgehead atoms. The van der Waals surface area contributed by atoms with Gasteiger partial charge in [-0.15, -0.1) is 0 Å². The molecule has 20 heavy (non-hydrogen) atoms. The molecule has 0 aromatic carbocycles. The van der Waals surface area contributed by atoms with Crippen LogP contribution in [-0.2, 0) is 0 Å². The van der Waals surface area contributed by atoms with Gasteiger partial charge in [-0.1, -0.05) is 112 Å². The average Bonchev–Trinajstić information content (AvgIpc) is 2.07. The van der Waals surface area contributed by atoms with E-state index in [-0.39, 0.29) is 29.7 Å². The molecule has 0 unspecified atom stereocenters. The Morgan fingerprint density at radius 3 is 0.600 bits per heavy atom. The maximum Gasteiger partial charge on any atom is 0.0379 e. The van der Waals surface area contributed by atoms with Gasteiger partial charge in [-0.25, -0.2) is 0 Å². The third kappa shape index (κ3) is 5040. The molecule has 0 rings (SSSR count). The van der Waals surface area contributed by atoms with E-state index in [0.29, 0.717) is 0 Å². The normalized spacial score (nSPS) is 5.70. The molecule has 2 heteroatoms. The first-order valence-corrected chi connectivity index (χ1v) is 6.29. The number of hydrogen-bond donors (Lipinski definition) is 0. The molecule has 0 spiro atoms. The summed E-state index contributed by atoms with van der Waals surface area (Å²) in [6.45, 7) is 21.5. The van der Waals surface area contributed by atoms with Gasteiger partial charge in [-0.3, -0.25) is 0 Å². The van der Waals surface area contributed by atoms with Gasteiger partial charge in [-0.05, 0) is 13.2 Å². The Balaban J connectivity index is -0.00000000863. The Kier molecular flexibility index (Phi) is 324. The fourth-order valence-corrected chi connectivity index (χ4v) is 0. The zero-order valence-corrected chi connectivity index (χ0v) is 15.8. The molecule has 0 N–H and O–H groups in total. The zero-order valence-electron chi connectivity index (χ0n) is 14.4. The second-order valence-corrected chi connectivity index (χ2v) is 4.88. The van der Waals surface area contributed by atoms with E-state index in [1.54, 1.807) is 0 Å². The molecular weight excluding hydrogens is 484 g/mol. The van der Waals surface area contributed by atoms with Gasteiger partial charge in [-0.2, -0.15) is 0 Å². The van der Waals surface area contributed by atoms with Crippen molar-refractivity contribution in [3.05, 3.63) is 0 Å². The summed E-state index contributed by atoms with van der Waals surface area (Å²) in [5, 5.41) is 0. The van der Waals surface area contributed by atoms with Crippen molar-refractivity contribution in [2.75, 3.05) is 0 Å². The standard InChI is InChI=1S/2C4H10.2C3H8.4CH4.BH.Fm/c2*1-4(2)3;2*1-3-2;;;;;;/h2*4H,1-3H3;2*3H2,1-2H3;4*1H4;1H;/i;;;;;;;;1T;. The average molecular weight is 539 g/mol. The second kappa shape index (κ2) is 105. The van der Waals surface area contributed by atoms with Crippen LogP contribution in [0.4, 0.5) is 0 Å². The zero-order chi connectivity index (χ0) is 14.6. The first-order chi connectivity index (χ1) is 7.29. The largest absolute Gasteiger partial charge is 0.0776 e. The summed E-state index contributed by atoms with van der Waals surface area (Å²) in [5.41, 5.74) is 0. The Morgan fingerprint density at radius 2 is 0.600 bits per heavy atom. The minimum atomic E-state index is 0. The predicted octanol–water partition coefficient (Wildman–Crippen LogP) is 8.05. The van der Waals surface area contributed by atoms with Crippen LogP contribution in [0, 0.1) is 11.8 Å². The van der Waals surface area contributed by atoms with Crippen molar-refractivity contribution < 1.29 is 0 Å². The predicted molar refractivity (Wildman–Crippen MR) is 107 cm³/mol. The van der Waals surface area contributed by atoms with Crippen LogP contribution < -0.4 is 0 Å². The van der Waals surface area contributed by atoms with Crippen molar-refractivity contribution in [2.24, 2.45) is 11.8 Å². The van der Waals surface area contributed by atoms with E-state index < -0.39 is 0 Å². The van der Waals surface area contributed by atoms with Crippen molar-refractivity contribution in [1.29, 1.82) is 1.34 Å². The van der Waals surface area contributed by atoms with E-state index >= 15 is 0 Å². The molecule has 0 aliphatic carbocycles. The van der Waals surface area contributed by atoms with Gasteiger partial charge in [0.15, 0.2) is 0 Å². The topological polar surface area (TPSA) is 0 Å². The van der Waals surface area contributed by atoms with Gasteiger partial charge >= 0.3 is 0 Å². The van der Waals surface area contributed by atoms with Gasteiger partial charge in [0.05, 0.1) is 0 Å². The molecule has 0 nitrogen and oxygen atoms in total. The molecule has 0 saturated carbocycles. The van der Waals surface area contributed by atoms with Crippen LogP contribution >= 0.6 is 0 Å². The smallest absolute Gasteiger partial charge is 0.0379 e. The van der Waals surface area contributed by atoms with Crippen LogP contribution in [0.15, 0.2) is 0 Å². The van der Waals surface area contributed by atoms with E-state index in [2.05, 4.69) is 77.6 Å². The van der Waals surface area contributed by atoms with Crippen LogP contribution in [0.25, 0.3) is 0 Å². The van der Waals surface area contributed by atoms with Crippen LogP contribution in [0.3, 0.4) is 0 Å². The van der Waals surface area contributed by atoms with E-state index in [1.807, 2.05) is 0 Å². The summed E-state index contributed by atoms with van der Waals surface area (Å²) in [7, 11) is 3.75. The minimum absolute atomic E-state index is 0. The molecule has 140 valence electrons. The molecule has 0 heterocycles. The van der Waals surface area contributed by atoms with E-state index in [4.69, 9.17) is 1.34 Å². The Morgan fingerprint density at radius 1 is 0.600 bits per heavy atom. The minimum Gasteiger partial charge on any atom is -0.0776 e. The third-order valence-electron chi connectivity index (χ3n) is 0. The van der Waals surface area contributed by atoms with Crippen LogP contribution in [0.5, 0.6) is 0 Å². The number of hydrogen-bond acceptors (Lipinski definition) is 0. The van der Waals surface area contributed by atoms with Crippen molar-refractivity contribution in [3.8, 4) is 0 Å². The van der Waals surface area contributed by atoms with Gasteiger partial charge in [0.2, 0.25) is 0 Å². The van der Waals surface area contributed by atoms with Crippen LogP contribution in [0.1, 0.15) is 112 Å². The first-order valence-electron chi connectivity index (χ1n) is 6.87. The third-order valence-corrected chi connectivity index (χ3v) is 0. The van der Waals surface area contributed by atoms with Gasteiger partial charge in [0.25, 0.3) is 0 Å². The molecule has 0 amide bonds. The molecule has 0 aliphatic heterocycles. The van der Waals surface area contributed by atoms with Crippen LogP contribution in [0.2, 0.25) is 0 Å². The molecule has 2 radical (unpaired) electrons. The molecule has 0 aliphatic rings. The summed E-state index contributed by atoms with van der Waals surface area (Å²) >= 11 is 0. The van der Waals surface area contributed by atoms with Crippen molar-refractivity contribution in [1.82, 2.24) is 0 Å². The van der Waals surface area contributed by atoms with Crippen molar-refractivity contribution >= 4 is 8.38 Å². The van der Waals surface area contributed by atoms with Crippen LogP contribution in [-0.4, -0.2) is 9.71 Å². The molecule has 0 atom stereocenters. The quantitative estimate of drug-likeness (QED) is 0.273. The maximum atomic E-state index is 5.25. The molecule has 0 aromatic heterocycles. The second-order valence-electron chi connectivity index (χ2n) is 4.88. The summed E-state index contributed by atoms with van der Waals surface area (Å²) < 4.78 is 5.25. The fourth-order valence-electron chi connectivity index (χ4n) is 0. The Hall–Kier alpha value is -0.935. The van der Waals surface area contributed by atoms with Gasteiger partial charge < -0.3 is 0 Å².